The summed E-state index contributed by atoms with van der Waals surface area (Å²) in [7, 11) is 0. The highest BCUT2D eigenvalue weighted by molar-refractivity contribution is 8.04. The van der Waals surface area contributed by atoms with Crippen molar-refractivity contribution in [2.45, 2.75) is 13.0 Å². The molecule has 2 aromatic rings. The zero-order valence-electron chi connectivity index (χ0n) is 7.69. The van der Waals surface area contributed by atoms with Crippen LogP contribution < -0.4 is 0 Å². The predicted octanol–water partition coefficient (Wildman–Crippen LogP) is 2.17. The second-order valence-electron chi connectivity index (χ2n) is 2.25. The van der Waals surface area contributed by atoms with Gasteiger partial charge in [0.25, 0.3) is 0 Å². The monoisotopic (exact) mass is 293 g/mol. The average Bonchev–Trinajstić information content (AvgIpc) is 2.87. The topological polar surface area (TPSA) is 94.7 Å². The summed E-state index contributed by atoms with van der Waals surface area (Å²) in [5, 5.41) is 25.1. The molecule has 2 heterocycles. The standard InChI is InChI=1S/C5H3N5O2S4/c1-13-3-7-9-5(15-3)16-4-8-6-2(14-4)10(11)12/h1H3. The van der Waals surface area contributed by atoms with Crippen LogP contribution in [0.3, 0.4) is 0 Å². The molecule has 11 heteroatoms. The maximum absolute atomic E-state index is 10.4. The Balaban J connectivity index is 2.11. The summed E-state index contributed by atoms with van der Waals surface area (Å²) < 4.78 is 2.05. The Labute approximate surface area is 106 Å². The average molecular weight is 293 g/mol. The third-order valence-electron chi connectivity index (χ3n) is 1.29. The summed E-state index contributed by atoms with van der Waals surface area (Å²) in [6, 6.07) is 0. The van der Waals surface area contributed by atoms with E-state index in [1.54, 1.807) is 0 Å². The van der Waals surface area contributed by atoms with Crippen molar-refractivity contribution >= 4 is 51.3 Å². The predicted molar refractivity (Wildman–Crippen MR) is 62.4 cm³/mol. The summed E-state index contributed by atoms with van der Waals surface area (Å²) >= 11 is 5.08. The molecular formula is C5H3N5O2S4. The van der Waals surface area contributed by atoms with Gasteiger partial charge in [-0.3, -0.25) is 0 Å². The third kappa shape index (κ3) is 2.66. The van der Waals surface area contributed by atoms with Crippen molar-refractivity contribution in [1.82, 2.24) is 20.4 Å². The smallest absolute Gasteiger partial charge is 0.357 e. The summed E-state index contributed by atoms with van der Waals surface area (Å²) in [4.78, 5) is 9.83. The molecule has 16 heavy (non-hydrogen) atoms. The molecule has 0 radical (unpaired) electrons. The molecule has 0 aliphatic carbocycles. The van der Waals surface area contributed by atoms with Crippen LogP contribution in [-0.2, 0) is 0 Å². The van der Waals surface area contributed by atoms with Crippen LogP contribution in [0.4, 0.5) is 5.13 Å². The van der Waals surface area contributed by atoms with Crippen molar-refractivity contribution in [2.24, 2.45) is 0 Å². The molecule has 0 aliphatic rings. The van der Waals surface area contributed by atoms with Crippen molar-refractivity contribution in [3.05, 3.63) is 10.1 Å². The van der Waals surface area contributed by atoms with Gasteiger partial charge in [0, 0.05) is 0 Å². The van der Waals surface area contributed by atoms with Crippen LogP contribution in [-0.4, -0.2) is 31.6 Å². The Bertz CT molecular complexity index is 510. The first-order valence-electron chi connectivity index (χ1n) is 3.72. The highest BCUT2D eigenvalue weighted by atomic mass is 32.2. The molecule has 0 aliphatic heterocycles. The molecular weight excluding hydrogens is 290 g/mol. The van der Waals surface area contributed by atoms with E-state index in [4.69, 9.17) is 0 Å². The maximum atomic E-state index is 10.4. The number of hydrogen-bond acceptors (Lipinski definition) is 10. The van der Waals surface area contributed by atoms with E-state index in [-0.39, 0.29) is 5.13 Å². The van der Waals surface area contributed by atoms with Crippen molar-refractivity contribution in [1.29, 1.82) is 0 Å². The molecule has 0 bridgehead atoms. The van der Waals surface area contributed by atoms with Gasteiger partial charge < -0.3 is 10.1 Å². The third-order valence-corrected chi connectivity index (χ3v) is 5.16. The van der Waals surface area contributed by atoms with Gasteiger partial charge in [0.2, 0.25) is 4.34 Å². The molecule has 0 spiro atoms. The molecule has 0 aromatic carbocycles. The van der Waals surface area contributed by atoms with Gasteiger partial charge in [0.1, 0.15) is 0 Å². The molecule has 0 unspecified atom stereocenters. The first-order chi connectivity index (χ1) is 7.69. The Morgan fingerprint density at radius 3 is 2.31 bits per heavy atom. The van der Waals surface area contributed by atoms with Crippen LogP contribution in [0.15, 0.2) is 13.0 Å². The van der Waals surface area contributed by atoms with Gasteiger partial charge in [0.05, 0.1) is 5.10 Å². The largest absolute Gasteiger partial charge is 0.451 e. The van der Waals surface area contributed by atoms with Crippen molar-refractivity contribution in [3.8, 4) is 0 Å². The number of thioether (sulfide) groups is 1. The van der Waals surface area contributed by atoms with Crippen LogP contribution in [0.2, 0.25) is 0 Å². The lowest BCUT2D eigenvalue weighted by atomic mass is 11.3. The summed E-state index contributed by atoms with van der Waals surface area (Å²) in [5.41, 5.74) is 0. The Morgan fingerprint density at radius 1 is 1.12 bits per heavy atom. The Hall–Kier alpha value is -0.780. The molecule has 7 nitrogen and oxygen atoms in total. The second-order valence-corrected chi connectivity index (χ2v) is 6.73. The van der Waals surface area contributed by atoms with Gasteiger partial charge in [-0.15, -0.1) is 10.2 Å². The lowest BCUT2D eigenvalue weighted by molar-refractivity contribution is -0.385. The molecule has 0 saturated carbocycles. The molecule has 84 valence electrons. The summed E-state index contributed by atoms with van der Waals surface area (Å²) in [6.07, 6.45) is 1.91. The maximum Gasteiger partial charge on any atom is 0.451 e. The van der Waals surface area contributed by atoms with Gasteiger partial charge in [0.15, 0.2) is 8.68 Å². The lowest BCUT2D eigenvalue weighted by Crippen LogP contribution is -1.84. The first kappa shape index (κ1) is 11.7. The normalized spacial score (nSPS) is 10.6. The molecule has 0 saturated heterocycles. The minimum atomic E-state index is -0.560. The zero-order valence-corrected chi connectivity index (χ0v) is 11.0. The summed E-state index contributed by atoms with van der Waals surface area (Å²) in [5.74, 6) is 0. The molecule has 0 amide bonds. The highest BCUT2D eigenvalue weighted by Gasteiger charge is 2.17. The number of nitro groups is 1. The number of hydrogen-bond donors (Lipinski definition) is 0. The van der Waals surface area contributed by atoms with E-state index in [0.29, 0.717) is 8.68 Å². The fraction of sp³-hybridized carbons (Fsp3) is 0.200. The fourth-order valence-electron chi connectivity index (χ4n) is 0.713. The van der Waals surface area contributed by atoms with Crippen LogP contribution in [0.1, 0.15) is 0 Å². The Morgan fingerprint density at radius 2 is 1.75 bits per heavy atom. The molecule has 2 aromatic heterocycles. The van der Waals surface area contributed by atoms with Crippen molar-refractivity contribution in [3.63, 3.8) is 0 Å². The van der Waals surface area contributed by atoms with Crippen LogP contribution in [0.5, 0.6) is 0 Å². The van der Waals surface area contributed by atoms with Gasteiger partial charge in [-0.2, -0.15) is 0 Å². The van der Waals surface area contributed by atoms with Crippen molar-refractivity contribution < 1.29 is 4.92 Å². The highest BCUT2D eigenvalue weighted by Crippen LogP contribution is 2.35. The van der Waals surface area contributed by atoms with Crippen LogP contribution in [0.25, 0.3) is 0 Å². The minimum absolute atomic E-state index is 0.211. The van der Waals surface area contributed by atoms with Gasteiger partial charge in [-0.1, -0.05) is 23.1 Å². The number of aromatic nitrogens is 4. The number of rotatable bonds is 4. The van der Waals surface area contributed by atoms with Crippen LogP contribution >= 0.6 is 46.2 Å². The van der Waals surface area contributed by atoms with Gasteiger partial charge in [-0.05, 0) is 39.4 Å². The molecule has 0 atom stereocenters. The quantitative estimate of drug-likeness (QED) is 0.481. The Kier molecular flexibility index (Phi) is 3.68. The summed E-state index contributed by atoms with van der Waals surface area (Å²) in [6.45, 7) is 0. The van der Waals surface area contributed by atoms with Gasteiger partial charge in [-0.25, -0.2) is 0 Å². The van der Waals surface area contributed by atoms with Gasteiger partial charge >= 0.3 is 5.13 Å². The fourth-order valence-corrected chi connectivity index (χ4v) is 4.01. The molecule has 2 rings (SSSR count). The minimum Gasteiger partial charge on any atom is -0.357 e. The van der Waals surface area contributed by atoms with E-state index in [2.05, 4.69) is 20.4 Å². The first-order valence-corrected chi connectivity index (χ1v) is 7.39. The molecule has 0 fully saturated rings. The van der Waals surface area contributed by atoms with Crippen LogP contribution in [0, 0.1) is 10.1 Å². The number of nitrogens with zero attached hydrogens (tertiary/aromatic N) is 5. The van der Waals surface area contributed by atoms with E-state index in [9.17, 15) is 10.1 Å². The second kappa shape index (κ2) is 5.03. The van der Waals surface area contributed by atoms with E-state index in [0.717, 1.165) is 15.7 Å². The molecule has 0 N–H and O–H groups in total. The SMILES string of the molecule is CSc1nnc(Sc2nnc([N+](=O)[O-])s2)s1. The van der Waals surface area contributed by atoms with E-state index >= 15 is 0 Å². The van der Waals surface area contributed by atoms with Crippen molar-refractivity contribution in [2.75, 3.05) is 6.26 Å². The lowest BCUT2D eigenvalue weighted by Gasteiger charge is -1.84. The zero-order chi connectivity index (χ0) is 11.5. The van der Waals surface area contributed by atoms with E-state index < -0.39 is 4.92 Å². The van der Waals surface area contributed by atoms with E-state index in [1.807, 2.05) is 6.26 Å². The van der Waals surface area contributed by atoms with E-state index in [1.165, 1.54) is 34.9 Å².